The van der Waals surface area contributed by atoms with E-state index in [1.54, 1.807) is 23.5 Å². The molecule has 0 aliphatic heterocycles. The van der Waals surface area contributed by atoms with E-state index in [0.29, 0.717) is 17.3 Å². The van der Waals surface area contributed by atoms with Gasteiger partial charge in [-0.15, -0.1) is 11.3 Å². The summed E-state index contributed by atoms with van der Waals surface area (Å²) in [5.41, 5.74) is 13.2. The first kappa shape index (κ1) is 14.4. The highest BCUT2D eigenvalue weighted by Gasteiger charge is 2.14. The number of hydrogen-bond acceptors (Lipinski definition) is 4. The van der Waals surface area contributed by atoms with Crippen LogP contribution < -0.4 is 16.4 Å². The van der Waals surface area contributed by atoms with Crippen molar-refractivity contribution in [2.75, 3.05) is 17.7 Å². The zero-order valence-corrected chi connectivity index (χ0v) is 12.5. The summed E-state index contributed by atoms with van der Waals surface area (Å²) in [5, 5.41) is 2.08. The van der Waals surface area contributed by atoms with Crippen LogP contribution in [-0.2, 0) is 6.42 Å². The van der Waals surface area contributed by atoms with Crippen molar-refractivity contribution in [3.8, 4) is 0 Å². The minimum atomic E-state index is -0.461. The van der Waals surface area contributed by atoms with Gasteiger partial charge < -0.3 is 16.4 Å². The summed E-state index contributed by atoms with van der Waals surface area (Å²) in [7, 11) is 2.01. The lowest BCUT2D eigenvalue weighted by atomic mass is 10.1. The normalized spacial score (nSPS) is 12.1. The number of hydrogen-bond donors (Lipinski definition) is 2. The van der Waals surface area contributed by atoms with Crippen molar-refractivity contribution in [2.45, 2.75) is 19.4 Å². The summed E-state index contributed by atoms with van der Waals surface area (Å²) < 4.78 is 0. The van der Waals surface area contributed by atoms with Gasteiger partial charge in [0, 0.05) is 30.0 Å². The highest BCUT2D eigenvalue weighted by molar-refractivity contribution is 7.09. The third-order valence-corrected chi connectivity index (χ3v) is 4.33. The SMILES string of the molecule is CC(Cc1cccs1)N(C)c1ccc(C(N)=O)cc1N. The number of thiophene rings is 1. The maximum Gasteiger partial charge on any atom is 0.248 e. The van der Waals surface area contributed by atoms with Crippen LogP contribution in [0.5, 0.6) is 0 Å². The smallest absolute Gasteiger partial charge is 0.248 e. The van der Waals surface area contributed by atoms with Crippen LogP contribution in [0.2, 0.25) is 0 Å². The minimum Gasteiger partial charge on any atom is -0.397 e. The molecule has 0 radical (unpaired) electrons. The van der Waals surface area contributed by atoms with Crippen LogP contribution in [0.1, 0.15) is 22.2 Å². The van der Waals surface area contributed by atoms with Gasteiger partial charge in [-0.05, 0) is 36.6 Å². The molecule has 106 valence electrons. The molecule has 1 atom stereocenters. The highest BCUT2D eigenvalue weighted by atomic mass is 32.1. The van der Waals surface area contributed by atoms with Crippen molar-refractivity contribution in [2.24, 2.45) is 5.73 Å². The number of amides is 1. The van der Waals surface area contributed by atoms with E-state index in [0.717, 1.165) is 12.1 Å². The molecule has 4 N–H and O–H groups in total. The Balaban J connectivity index is 2.16. The van der Waals surface area contributed by atoms with E-state index in [9.17, 15) is 4.79 Å². The largest absolute Gasteiger partial charge is 0.397 e. The molecule has 1 unspecified atom stereocenters. The number of carbonyl (C=O) groups is 1. The number of benzene rings is 1. The number of nitrogens with two attached hydrogens (primary N) is 2. The van der Waals surface area contributed by atoms with Crippen molar-refractivity contribution in [3.05, 3.63) is 46.2 Å². The van der Waals surface area contributed by atoms with E-state index >= 15 is 0 Å². The van der Waals surface area contributed by atoms with E-state index in [-0.39, 0.29) is 0 Å². The molecule has 0 spiro atoms. The zero-order chi connectivity index (χ0) is 14.7. The Kier molecular flexibility index (Phi) is 4.29. The summed E-state index contributed by atoms with van der Waals surface area (Å²) in [6.45, 7) is 2.15. The minimum absolute atomic E-state index is 0.315. The lowest BCUT2D eigenvalue weighted by Gasteiger charge is -2.28. The predicted octanol–water partition coefficient (Wildman–Crippen LogP) is 2.50. The number of anilines is 2. The quantitative estimate of drug-likeness (QED) is 0.831. The van der Waals surface area contributed by atoms with Crippen LogP contribution in [0.15, 0.2) is 35.7 Å². The lowest BCUT2D eigenvalue weighted by Crippen LogP contribution is -2.31. The molecule has 1 amide bonds. The summed E-state index contributed by atoms with van der Waals surface area (Å²) in [6.07, 6.45) is 0.963. The number of rotatable bonds is 5. The molecule has 5 heteroatoms. The monoisotopic (exact) mass is 289 g/mol. The second-order valence-corrected chi connectivity index (χ2v) is 5.91. The number of primary amides is 1. The molecule has 4 nitrogen and oxygen atoms in total. The maximum absolute atomic E-state index is 11.1. The van der Waals surface area contributed by atoms with Crippen LogP contribution in [0.4, 0.5) is 11.4 Å². The Morgan fingerprint density at radius 2 is 2.15 bits per heavy atom. The average Bonchev–Trinajstić information content (AvgIpc) is 2.90. The summed E-state index contributed by atoms with van der Waals surface area (Å²) >= 11 is 1.76. The zero-order valence-electron chi connectivity index (χ0n) is 11.7. The first-order chi connectivity index (χ1) is 9.49. The summed E-state index contributed by atoms with van der Waals surface area (Å²) in [6, 6.07) is 9.70. The fourth-order valence-electron chi connectivity index (χ4n) is 2.12. The molecule has 0 bridgehead atoms. The molecular weight excluding hydrogens is 270 g/mol. The Labute approximate surface area is 123 Å². The standard InChI is InChI=1S/C15H19N3OS/c1-10(8-12-4-3-7-20-12)18(2)14-6-5-11(15(17)19)9-13(14)16/h3-7,9-10H,8,16H2,1-2H3,(H2,17,19). The molecule has 20 heavy (non-hydrogen) atoms. The molecule has 2 rings (SSSR count). The Morgan fingerprint density at radius 1 is 1.40 bits per heavy atom. The van der Waals surface area contributed by atoms with Gasteiger partial charge in [-0.2, -0.15) is 0 Å². The second-order valence-electron chi connectivity index (χ2n) is 4.88. The average molecular weight is 289 g/mol. The Bertz CT molecular complexity index is 595. The predicted molar refractivity (Wildman–Crippen MR) is 85.3 cm³/mol. The van der Waals surface area contributed by atoms with Crippen molar-refractivity contribution >= 4 is 28.6 Å². The van der Waals surface area contributed by atoms with E-state index in [2.05, 4.69) is 29.3 Å². The van der Waals surface area contributed by atoms with Gasteiger partial charge in [0.15, 0.2) is 0 Å². The van der Waals surface area contributed by atoms with Crippen LogP contribution in [0.3, 0.4) is 0 Å². The molecule has 0 saturated heterocycles. The Hall–Kier alpha value is -2.01. The molecule has 1 aromatic carbocycles. The van der Waals surface area contributed by atoms with Gasteiger partial charge in [0.25, 0.3) is 0 Å². The number of nitrogens with zero attached hydrogens (tertiary/aromatic N) is 1. The van der Waals surface area contributed by atoms with E-state index in [4.69, 9.17) is 11.5 Å². The van der Waals surface area contributed by atoms with Crippen molar-refractivity contribution in [1.82, 2.24) is 0 Å². The van der Waals surface area contributed by atoms with Gasteiger partial charge >= 0.3 is 0 Å². The third-order valence-electron chi connectivity index (χ3n) is 3.43. The van der Waals surface area contributed by atoms with Crippen molar-refractivity contribution in [1.29, 1.82) is 0 Å². The fraction of sp³-hybridized carbons (Fsp3) is 0.267. The molecule has 0 fully saturated rings. The van der Waals surface area contributed by atoms with Crippen LogP contribution in [0.25, 0.3) is 0 Å². The molecule has 0 aliphatic carbocycles. The number of carbonyl (C=O) groups excluding carboxylic acids is 1. The first-order valence-electron chi connectivity index (χ1n) is 6.43. The molecule has 0 saturated carbocycles. The van der Waals surface area contributed by atoms with Crippen LogP contribution >= 0.6 is 11.3 Å². The van der Waals surface area contributed by atoms with Gasteiger partial charge in [0.05, 0.1) is 11.4 Å². The molecule has 1 heterocycles. The number of nitrogen functional groups attached to an aromatic ring is 1. The molecule has 2 aromatic rings. The number of likely N-dealkylation sites (N-methyl/N-ethyl adjacent to an activating group) is 1. The topological polar surface area (TPSA) is 72.3 Å². The highest BCUT2D eigenvalue weighted by Crippen LogP contribution is 2.26. The van der Waals surface area contributed by atoms with E-state index in [1.807, 2.05) is 13.1 Å². The van der Waals surface area contributed by atoms with Gasteiger partial charge in [-0.25, -0.2) is 0 Å². The second kappa shape index (κ2) is 5.96. The molecule has 0 aliphatic rings. The van der Waals surface area contributed by atoms with Crippen molar-refractivity contribution in [3.63, 3.8) is 0 Å². The Morgan fingerprint density at radius 3 is 2.70 bits per heavy atom. The van der Waals surface area contributed by atoms with Gasteiger partial charge in [-0.1, -0.05) is 6.07 Å². The van der Waals surface area contributed by atoms with Gasteiger partial charge in [0.1, 0.15) is 0 Å². The van der Waals surface area contributed by atoms with Gasteiger partial charge in [-0.3, -0.25) is 4.79 Å². The van der Waals surface area contributed by atoms with Crippen LogP contribution in [0, 0.1) is 0 Å². The summed E-state index contributed by atoms with van der Waals surface area (Å²) in [4.78, 5) is 14.6. The molecular formula is C15H19N3OS. The van der Waals surface area contributed by atoms with E-state index < -0.39 is 5.91 Å². The lowest BCUT2D eigenvalue weighted by molar-refractivity contribution is 0.100. The summed E-state index contributed by atoms with van der Waals surface area (Å²) in [5.74, 6) is -0.461. The fourth-order valence-corrected chi connectivity index (χ4v) is 2.95. The van der Waals surface area contributed by atoms with Crippen LogP contribution in [-0.4, -0.2) is 19.0 Å². The third kappa shape index (κ3) is 3.11. The van der Waals surface area contributed by atoms with Crippen molar-refractivity contribution < 1.29 is 4.79 Å². The molecule has 1 aromatic heterocycles. The first-order valence-corrected chi connectivity index (χ1v) is 7.31. The van der Waals surface area contributed by atoms with Gasteiger partial charge in [0.2, 0.25) is 5.91 Å². The maximum atomic E-state index is 11.1. The van der Waals surface area contributed by atoms with E-state index in [1.165, 1.54) is 4.88 Å².